The lowest BCUT2D eigenvalue weighted by molar-refractivity contribution is -0.0280. The van der Waals surface area contributed by atoms with Crippen LogP contribution in [0.15, 0.2) is 48.8 Å². The number of hydrogen-bond donors (Lipinski definition) is 4. The second-order valence-electron chi connectivity index (χ2n) is 14.3. The van der Waals surface area contributed by atoms with Crippen LogP contribution >= 0.6 is 15.8 Å². The molecule has 1 aliphatic rings. The van der Waals surface area contributed by atoms with Crippen LogP contribution in [-0.4, -0.2) is 67.3 Å². The second kappa shape index (κ2) is 23.8. The molecule has 0 radical (unpaired) electrons. The van der Waals surface area contributed by atoms with Gasteiger partial charge in [0.15, 0.2) is 5.82 Å². The van der Waals surface area contributed by atoms with Crippen molar-refractivity contribution in [3.8, 4) is 0 Å². The highest BCUT2D eigenvalue weighted by Crippen LogP contribution is 2.50. The lowest BCUT2D eigenvalue weighted by Gasteiger charge is -2.24. The average Bonchev–Trinajstić information content (AvgIpc) is 3.70. The topological polar surface area (TPSA) is 154 Å². The van der Waals surface area contributed by atoms with E-state index < -0.39 is 31.6 Å². The molecule has 3 heterocycles. The SMILES string of the molecule is CCCCCCCCCCCCCCCCCCC[C@H](COP(O)(=P)OC[C@H]1O[C@@H](c2ccc3c(N)ncnn23)[C@H](O)[C@@H]1O)OCc1ccccc1. The van der Waals surface area contributed by atoms with Gasteiger partial charge >= 0.3 is 0 Å². The summed E-state index contributed by atoms with van der Waals surface area (Å²) in [5.41, 5.74) is 8.09. The van der Waals surface area contributed by atoms with E-state index in [0.29, 0.717) is 17.8 Å². The number of ether oxygens (including phenoxy) is 2. The van der Waals surface area contributed by atoms with Gasteiger partial charge in [0.1, 0.15) is 36.3 Å². The summed E-state index contributed by atoms with van der Waals surface area (Å²) >= 11 is 0. The lowest BCUT2D eigenvalue weighted by atomic mass is 10.0. The van der Waals surface area contributed by atoms with Gasteiger partial charge in [-0.05, 0) is 32.6 Å². The van der Waals surface area contributed by atoms with E-state index in [1.807, 2.05) is 30.3 Å². The zero-order valence-corrected chi connectivity index (χ0v) is 33.1. The molecule has 1 fully saturated rings. The van der Waals surface area contributed by atoms with Crippen molar-refractivity contribution < 1.29 is 33.6 Å². The number of aliphatic hydroxyl groups is 2. The van der Waals surface area contributed by atoms with Crippen LogP contribution in [0.2, 0.25) is 0 Å². The minimum Gasteiger partial charge on any atom is -0.387 e. The Hall–Kier alpha value is -1.91. The molecule has 52 heavy (non-hydrogen) atoms. The van der Waals surface area contributed by atoms with Crippen LogP contribution in [0.4, 0.5) is 5.82 Å². The molecule has 1 unspecified atom stereocenters. The minimum atomic E-state index is -3.48. The molecule has 11 nitrogen and oxygen atoms in total. The first-order valence-electron chi connectivity index (χ1n) is 19.7. The molecule has 292 valence electrons. The summed E-state index contributed by atoms with van der Waals surface area (Å²) < 4.78 is 25.3. The summed E-state index contributed by atoms with van der Waals surface area (Å²) in [5.74, 6) is 0.288. The van der Waals surface area contributed by atoms with Crippen molar-refractivity contribution >= 4 is 27.1 Å². The minimum absolute atomic E-state index is 0.135. The van der Waals surface area contributed by atoms with Crippen molar-refractivity contribution in [2.45, 2.75) is 160 Å². The van der Waals surface area contributed by atoms with Gasteiger partial charge in [-0.15, -0.1) is 0 Å². The normalized spacial score (nSPS) is 20.8. The maximum Gasteiger partial charge on any atom is 0.274 e. The predicted molar refractivity (Wildman–Crippen MR) is 210 cm³/mol. The molecule has 0 bridgehead atoms. The number of hydrogen-bond acceptors (Lipinski definition) is 9. The summed E-state index contributed by atoms with van der Waals surface area (Å²) in [6.45, 7) is 2.64. The molecule has 0 saturated carbocycles. The lowest BCUT2D eigenvalue weighted by Crippen LogP contribution is -2.33. The van der Waals surface area contributed by atoms with Crippen LogP contribution < -0.4 is 5.73 Å². The van der Waals surface area contributed by atoms with E-state index in [-0.39, 0.29) is 25.1 Å². The molecule has 13 heteroatoms. The average molecular weight is 763 g/mol. The number of unbranched alkanes of at least 4 members (excludes halogenated alkanes) is 16. The second-order valence-corrected chi connectivity index (χ2v) is 17.5. The van der Waals surface area contributed by atoms with Crippen molar-refractivity contribution in [3.63, 3.8) is 0 Å². The molecule has 0 spiro atoms. The summed E-state index contributed by atoms with van der Waals surface area (Å²) in [7, 11) is -0.191. The Morgan fingerprint density at radius 2 is 1.42 bits per heavy atom. The standard InChI is InChI=1S/C39H64N4O7P2/c1-2-3-4-5-6-7-8-9-10-11-12-13-14-15-16-17-21-24-32(47-27-31-22-19-18-20-23-31)28-48-52(46,51)49-29-35-36(44)37(45)38(50-35)33-25-26-34-39(40)41-30-42-43(33)34/h18-20,22-23,25-26,30,32,35-38,44-46,51H,2-17,21,24,27-29H2,1H3,(H2,40,41,42)/t32-,35-,36-,37-,38+,52?/m1/s1. The van der Waals surface area contributed by atoms with Crippen LogP contribution in [0.1, 0.15) is 140 Å². The van der Waals surface area contributed by atoms with Gasteiger partial charge in [-0.25, -0.2) is 9.50 Å². The first-order valence-corrected chi connectivity index (χ1v) is 22.6. The smallest absolute Gasteiger partial charge is 0.274 e. The molecule has 1 saturated heterocycles. The van der Waals surface area contributed by atoms with Crippen molar-refractivity contribution in [2.75, 3.05) is 18.9 Å². The van der Waals surface area contributed by atoms with E-state index in [1.165, 1.54) is 107 Å². The van der Waals surface area contributed by atoms with Gasteiger partial charge in [0.05, 0.1) is 31.6 Å². The first-order chi connectivity index (χ1) is 25.3. The van der Waals surface area contributed by atoms with Crippen LogP contribution in [0, 0.1) is 0 Å². The number of fused-ring (bicyclic) bond motifs is 1. The van der Waals surface area contributed by atoms with Crippen LogP contribution in [0.3, 0.4) is 0 Å². The molecule has 6 atom stereocenters. The number of nitrogen functional groups attached to an aromatic ring is 1. The maximum atomic E-state index is 11.0. The fraction of sp³-hybridized carbons (Fsp3) is 0.692. The van der Waals surface area contributed by atoms with Crippen LogP contribution in [-0.2, 0) is 25.1 Å². The number of anilines is 1. The van der Waals surface area contributed by atoms with Gasteiger partial charge in [-0.2, -0.15) is 5.10 Å². The largest absolute Gasteiger partial charge is 0.387 e. The van der Waals surface area contributed by atoms with E-state index in [0.717, 1.165) is 24.8 Å². The van der Waals surface area contributed by atoms with Gasteiger partial charge < -0.3 is 39.4 Å². The monoisotopic (exact) mass is 762 g/mol. The molecular formula is C39H64N4O7P2. The van der Waals surface area contributed by atoms with E-state index in [2.05, 4.69) is 25.5 Å². The third kappa shape index (κ3) is 14.7. The zero-order valence-electron chi connectivity index (χ0n) is 31.2. The van der Waals surface area contributed by atoms with Gasteiger partial charge in [-0.1, -0.05) is 146 Å². The summed E-state index contributed by atoms with van der Waals surface area (Å²) in [5, 5.41) is 25.8. The van der Waals surface area contributed by atoms with E-state index >= 15 is 0 Å². The van der Waals surface area contributed by atoms with Crippen molar-refractivity contribution in [3.05, 3.63) is 60.0 Å². The molecule has 1 aliphatic heterocycles. The van der Waals surface area contributed by atoms with Crippen LogP contribution in [0.5, 0.6) is 0 Å². The number of rotatable bonds is 28. The highest BCUT2D eigenvalue weighted by Gasteiger charge is 2.45. The number of benzene rings is 1. The van der Waals surface area contributed by atoms with Crippen LogP contribution in [0.25, 0.3) is 5.52 Å². The van der Waals surface area contributed by atoms with Crippen molar-refractivity contribution in [1.82, 2.24) is 14.6 Å². The van der Waals surface area contributed by atoms with Crippen molar-refractivity contribution in [1.29, 1.82) is 0 Å². The Morgan fingerprint density at radius 3 is 2.04 bits per heavy atom. The Kier molecular flexibility index (Phi) is 19.6. The number of nitrogens with zero attached hydrogens (tertiary/aromatic N) is 3. The Balaban J connectivity index is 1.12. The van der Waals surface area contributed by atoms with E-state index in [4.69, 9.17) is 24.3 Å². The fourth-order valence-corrected chi connectivity index (χ4v) is 8.05. The molecule has 0 amide bonds. The van der Waals surface area contributed by atoms with E-state index in [1.54, 1.807) is 12.1 Å². The molecule has 1 aromatic carbocycles. The molecule has 0 aliphatic carbocycles. The summed E-state index contributed by atoms with van der Waals surface area (Å²) in [4.78, 5) is 15.0. The van der Waals surface area contributed by atoms with Crippen molar-refractivity contribution in [2.24, 2.45) is 0 Å². The van der Waals surface area contributed by atoms with Gasteiger partial charge in [0.25, 0.3) is 7.23 Å². The summed E-state index contributed by atoms with van der Waals surface area (Å²) in [6, 6.07) is 13.4. The highest BCUT2D eigenvalue weighted by atomic mass is 31.8. The zero-order chi connectivity index (χ0) is 37.0. The molecule has 2 aromatic heterocycles. The third-order valence-electron chi connectivity index (χ3n) is 9.97. The third-order valence-corrected chi connectivity index (χ3v) is 11.7. The van der Waals surface area contributed by atoms with Gasteiger partial charge in [-0.3, -0.25) is 0 Å². The fourth-order valence-electron chi connectivity index (χ4n) is 6.82. The number of nitrogens with two attached hydrogens (primary N) is 1. The molecular weight excluding hydrogens is 698 g/mol. The summed E-state index contributed by atoms with van der Waals surface area (Å²) in [6.07, 6.45) is 20.1. The first kappa shape index (κ1) is 42.8. The van der Waals surface area contributed by atoms with E-state index in [9.17, 15) is 15.1 Å². The molecule has 4 rings (SSSR count). The number of aromatic nitrogens is 3. The Bertz CT molecular complexity index is 1450. The maximum absolute atomic E-state index is 11.0. The van der Waals surface area contributed by atoms with Gasteiger partial charge in [0.2, 0.25) is 0 Å². The predicted octanol–water partition coefficient (Wildman–Crippen LogP) is 8.95. The number of aliphatic hydroxyl groups excluding tert-OH is 2. The highest BCUT2D eigenvalue weighted by molar-refractivity contribution is 7.88. The molecule has 5 N–H and O–H groups in total. The quantitative estimate of drug-likeness (QED) is 0.0417. The Morgan fingerprint density at radius 1 is 0.827 bits per heavy atom. The Labute approximate surface area is 313 Å². The van der Waals surface area contributed by atoms with Gasteiger partial charge in [0, 0.05) is 0 Å². The molecule has 3 aromatic rings.